The fourth-order valence-electron chi connectivity index (χ4n) is 4.29. The summed E-state index contributed by atoms with van der Waals surface area (Å²) in [5, 5.41) is 9.87. The first-order valence-electron chi connectivity index (χ1n) is 8.64. The monoisotopic (exact) mass is 337 g/mol. The third-order valence-corrected chi connectivity index (χ3v) is 5.41. The second-order valence-corrected chi connectivity index (χ2v) is 7.03. The predicted molar refractivity (Wildman–Crippen MR) is 92.4 cm³/mol. The van der Waals surface area contributed by atoms with Crippen LogP contribution in [0.3, 0.4) is 0 Å². The molecule has 0 saturated heterocycles. The van der Waals surface area contributed by atoms with Gasteiger partial charge in [-0.25, -0.2) is 0 Å². The molecule has 2 aromatic carbocycles. The van der Waals surface area contributed by atoms with E-state index in [9.17, 15) is 9.90 Å². The Morgan fingerprint density at radius 2 is 2.04 bits per heavy atom. The molecule has 0 saturated carbocycles. The molecule has 0 fully saturated rings. The molecule has 5 heteroatoms. The van der Waals surface area contributed by atoms with Crippen LogP contribution in [0.4, 0.5) is 5.69 Å². The maximum Gasteiger partial charge on any atom is 0.245 e. The third kappa shape index (κ3) is 1.84. The van der Waals surface area contributed by atoms with Crippen molar-refractivity contribution < 1.29 is 19.4 Å². The topological polar surface area (TPSA) is 59.0 Å². The van der Waals surface area contributed by atoms with Crippen molar-refractivity contribution in [3.8, 4) is 11.5 Å². The lowest BCUT2D eigenvalue weighted by molar-refractivity contribution is -0.122. The Morgan fingerprint density at radius 1 is 1.20 bits per heavy atom. The summed E-state index contributed by atoms with van der Waals surface area (Å²) in [5.41, 5.74) is 3.04. The molecular weight excluding hydrogens is 318 g/mol. The molecule has 2 aromatic rings. The van der Waals surface area contributed by atoms with Gasteiger partial charge in [0.1, 0.15) is 23.5 Å². The Labute approximate surface area is 145 Å². The average molecular weight is 337 g/mol. The van der Waals surface area contributed by atoms with Crippen LogP contribution < -0.4 is 14.4 Å². The van der Waals surface area contributed by atoms with Crippen LogP contribution in [0.5, 0.6) is 11.5 Å². The Bertz CT molecular complexity index is 891. The van der Waals surface area contributed by atoms with Gasteiger partial charge in [0.05, 0.1) is 19.3 Å². The van der Waals surface area contributed by atoms with Crippen LogP contribution in [-0.2, 0) is 16.6 Å². The number of aliphatic hydroxyl groups excluding tert-OH is 1. The van der Waals surface area contributed by atoms with Gasteiger partial charge in [0, 0.05) is 23.7 Å². The minimum Gasteiger partial charge on any atom is -0.493 e. The van der Waals surface area contributed by atoms with Crippen LogP contribution in [0.2, 0.25) is 0 Å². The Morgan fingerprint density at radius 3 is 2.88 bits per heavy atom. The van der Waals surface area contributed by atoms with E-state index in [1.807, 2.05) is 30.3 Å². The molecule has 0 bridgehead atoms. The molecule has 3 heterocycles. The Balaban J connectivity index is 1.72. The molecule has 25 heavy (non-hydrogen) atoms. The van der Waals surface area contributed by atoms with Crippen LogP contribution in [-0.4, -0.2) is 36.9 Å². The van der Waals surface area contributed by atoms with Crippen molar-refractivity contribution in [2.45, 2.75) is 24.9 Å². The molecule has 0 radical (unpaired) electrons. The second-order valence-electron chi connectivity index (χ2n) is 7.03. The number of rotatable bonds is 2. The molecule has 1 spiro atoms. The summed E-state index contributed by atoms with van der Waals surface area (Å²) in [5.74, 6) is 1.56. The van der Waals surface area contributed by atoms with E-state index in [1.165, 1.54) is 0 Å². The number of anilines is 1. The van der Waals surface area contributed by atoms with E-state index < -0.39 is 11.5 Å². The van der Waals surface area contributed by atoms with Gasteiger partial charge in [-0.3, -0.25) is 4.79 Å². The summed E-state index contributed by atoms with van der Waals surface area (Å²) >= 11 is 0. The molecule has 0 aliphatic carbocycles. The maximum absolute atomic E-state index is 13.5. The van der Waals surface area contributed by atoms with E-state index in [0.29, 0.717) is 6.61 Å². The lowest BCUT2D eigenvalue weighted by Crippen LogP contribution is -2.44. The van der Waals surface area contributed by atoms with Crippen LogP contribution >= 0.6 is 0 Å². The van der Waals surface area contributed by atoms with Crippen LogP contribution in [0.1, 0.15) is 23.6 Å². The summed E-state index contributed by atoms with van der Waals surface area (Å²) in [6.45, 7) is 2.94. The van der Waals surface area contributed by atoms with Crippen molar-refractivity contribution in [3.05, 3.63) is 53.1 Å². The van der Waals surface area contributed by atoms with Gasteiger partial charge >= 0.3 is 0 Å². The molecule has 3 aliphatic heterocycles. The normalized spacial score (nSPS) is 23.9. The molecule has 2 unspecified atom stereocenters. The van der Waals surface area contributed by atoms with E-state index in [1.54, 1.807) is 11.8 Å². The largest absolute Gasteiger partial charge is 0.493 e. The molecule has 3 aliphatic rings. The van der Waals surface area contributed by atoms with Gasteiger partial charge in [-0.2, -0.15) is 0 Å². The first-order chi connectivity index (χ1) is 12.1. The number of amides is 1. The van der Waals surface area contributed by atoms with Gasteiger partial charge in [-0.1, -0.05) is 18.2 Å². The number of para-hydroxylation sites is 1. The fraction of sp³-hybridized carbons (Fsp3) is 0.350. The quantitative estimate of drug-likeness (QED) is 0.911. The highest BCUT2D eigenvalue weighted by Gasteiger charge is 2.57. The number of benzene rings is 2. The number of hydrogen-bond acceptors (Lipinski definition) is 4. The molecule has 0 aromatic heterocycles. The van der Waals surface area contributed by atoms with E-state index in [2.05, 4.69) is 6.07 Å². The Kier molecular flexibility index (Phi) is 2.95. The molecule has 5 rings (SSSR count). The summed E-state index contributed by atoms with van der Waals surface area (Å²) in [4.78, 5) is 15.2. The zero-order chi connectivity index (χ0) is 17.2. The minimum atomic E-state index is -0.821. The lowest BCUT2D eigenvalue weighted by atomic mass is 9.76. The number of carbonyl (C=O) groups is 1. The highest BCUT2D eigenvalue weighted by molar-refractivity contribution is 6.11. The van der Waals surface area contributed by atoms with E-state index >= 15 is 0 Å². The van der Waals surface area contributed by atoms with Gasteiger partial charge in [-0.15, -0.1) is 0 Å². The van der Waals surface area contributed by atoms with E-state index in [-0.39, 0.29) is 19.1 Å². The van der Waals surface area contributed by atoms with E-state index in [4.69, 9.17) is 9.47 Å². The smallest absolute Gasteiger partial charge is 0.245 e. The second kappa shape index (κ2) is 4.99. The number of aliphatic hydroxyl groups is 1. The summed E-state index contributed by atoms with van der Waals surface area (Å²) in [6.07, 6.45) is 0.258. The zero-order valence-electron chi connectivity index (χ0n) is 14.0. The van der Waals surface area contributed by atoms with Crippen molar-refractivity contribution in [1.82, 2.24) is 0 Å². The highest BCUT2D eigenvalue weighted by Crippen LogP contribution is 2.53. The van der Waals surface area contributed by atoms with Crippen LogP contribution in [0.15, 0.2) is 36.4 Å². The molecule has 128 valence electrons. The number of fused-ring (bicyclic) bond motifs is 5. The van der Waals surface area contributed by atoms with Crippen molar-refractivity contribution in [1.29, 1.82) is 0 Å². The number of hydrogen-bond donors (Lipinski definition) is 1. The Hall–Kier alpha value is -2.53. The van der Waals surface area contributed by atoms with Gasteiger partial charge < -0.3 is 19.5 Å². The fourth-order valence-corrected chi connectivity index (χ4v) is 4.29. The van der Waals surface area contributed by atoms with Crippen LogP contribution in [0.25, 0.3) is 0 Å². The minimum absolute atomic E-state index is 0.0211. The number of carbonyl (C=O) groups excluding carboxylic acids is 1. The number of nitrogens with zero attached hydrogens (tertiary/aromatic N) is 1. The third-order valence-electron chi connectivity index (χ3n) is 5.41. The standard InChI is InChI=1S/C20H19NO4/c1-12(22)10-21-16-5-3-2-4-14(16)20(19(21)23)11-25-18-9-17-13(6-7-24-17)8-15(18)20/h2-5,8-9,12,22H,6-7,10-11H2,1H3. The van der Waals surface area contributed by atoms with Crippen molar-refractivity contribution in [3.63, 3.8) is 0 Å². The predicted octanol–water partition coefficient (Wildman–Crippen LogP) is 2.03. The molecule has 1 amide bonds. The van der Waals surface area contributed by atoms with Gasteiger partial charge in [0.25, 0.3) is 0 Å². The van der Waals surface area contributed by atoms with Crippen molar-refractivity contribution >= 4 is 11.6 Å². The van der Waals surface area contributed by atoms with Gasteiger partial charge in [0.15, 0.2) is 0 Å². The molecular formula is C20H19NO4. The highest BCUT2D eigenvalue weighted by atomic mass is 16.5. The van der Waals surface area contributed by atoms with Crippen molar-refractivity contribution in [2.75, 3.05) is 24.7 Å². The summed E-state index contributed by atoms with van der Waals surface area (Å²) in [6, 6.07) is 11.8. The van der Waals surface area contributed by atoms with Crippen LogP contribution in [0, 0.1) is 0 Å². The molecule has 5 nitrogen and oxygen atoms in total. The van der Waals surface area contributed by atoms with Gasteiger partial charge in [-0.05, 0) is 30.2 Å². The lowest BCUT2D eigenvalue weighted by Gasteiger charge is -2.24. The first kappa shape index (κ1) is 14.8. The van der Waals surface area contributed by atoms with Crippen molar-refractivity contribution in [2.24, 2.45) is 0 Å². The summed E-state index contributed by atoms with van der Waals surface area (Å²) in [7, 11) is 0. The summed E-state index contributed by atoms with van der Waals surface area (Å²) < 4.78 is 11.6. The zero-order valence-corrected chi connectivity index (χ0v) is 14.0. The SMILES string of the molecule is CC(O)CN1C(=O)C2(COc3cc4c(cc32)CCO4)c2ccccc21. The number of β-amino-alcohol motifs (C(OH)–C–C–N with tert-alkyl or cyclic N) is 1. The average Bonchev–Trinajstić information content (AvgIpc) is 3.26. The maximum atomic E-state index is 13.5. The number of ether oxygens (including phenoxy) is 2. The van der Waals surface area contributed by atoms with E-state index in [0.717, 1.165) is 40.3 Å². The molecule has 1 N–H and O–H groups in total. The molecule has 2 atom stereocenters. The first-order valence-corrected chi connectivity index (χ1v) is 8.64. The van der Waals surface area contributed by atoms with Gasteiger partial charge in [0.2, 0.25) is 5.91 Å².